The Balaban J connectivity index is 2.19. The van der Waals surface area contributed by atoms with Crippen LogP contribution < -0.4 is 10.6 Å². The molecule has 24 heavy (non-hydrogen) atoms. The molecule has 0 saturated carbocycles. The predicted octanol–water partition coefficient (Wildman–Crippen LogP) is 2.37. The number of nitrogens with one attached hydrogen (secondary N) is 2. The van der Waals surface area contributed by atoms with Gasteiger partial charge in [-0.25, -0.2) is 4.39 Å². The van der Waals surface area contributed by atoms with Crippen LogP contribution in [0, 0.1) is 5.82 Å². The molecule has 0 aliphatic carbocycles. The molecule has 0 atom stereocenters. The summed E-state index contributed by atoms with van der Waals surface area (Å²) in [5, 5.41) is 6.51. The molecule has 136 valence electrons. The quantitative estimate of drug-likeness (QED) is 0.349. The van der Waals surface area contributed by atoms with E-state index in [-0.39, 0.29) is 5.82 Å². The first kappa shape index (κ1) is 20.4. The Morgan fingerprint density at radius 3 is 2.79 bits per heavy atom. The van der Waals surface area contributed by atoms with Gasteiger partial charge in [-0.1, -0.05) is 12.1 Å². The van der Waals surface area contributed by atoms with Crippen molar-refractivity contribution < 1.29 is 13.9 Å². The maximum atomic E-state index is 13.1. The lowest BCUT2D eigenvalue weighted by atomic mass is 10.1. The third kappa shape index (κ3) is 10.2. The molecule has 0 fully saturated rings. The summed E-state index contributed by atoms with van der Waals surface area (Å²) in [6.07, 6.45) is 2.63. The average Bonchev–Trinajstić information content (AvgIpc) is 2.58. The molecule has 5 nitrogen and oxygen atoms in total. The number of nitrogens with zero attached hydrogens (tertiary/aromatic N) is 1. The number of rotatable bonds is 12. The van der Waals surface area contributed by atoms with Crippen LogP contribution in [0.15, 0.2) is 29.3 Å². The van der Waals surface area contributed by atoms with Crippen molar-refractivity contribution in [2.24, 2.45) is 4.99 Å². The van der Waals surface area contributed by atoms with E-state index >= 15 is 0 Å². The van der Waals surface area contributed by atoms with E-state index in [0.717, 1.165) is 43.9 Å². The minimum atomic E-state index is -0.182. The summed E-state index contributed by atoms with van der Waals surface area (Å²) >= 11 is 0. The van der Waals surface area contributed by atoms with Crippen molar-refractivity contribution in [2.45, 2.75) is 26.2 Å². The fourth-order valence-electron chi connectivity index (χ4n) is 2.13. The van der Waals surface area contributed by atoms with E-state index in [2.05, 4.69) is 15.6 Å². The molecular formula is C18H30FN3O2. The summed E-state index contributed by atoms with van der Waals surface area (Å²) in [7, 11) is 1.67. The average molecular weight is 339 g/mol. The third-order valence-corrected chi connectivity index (χ3v) is 3.32. The van der Waals surface area contributed by atoms with E-state index in [9.17, 15) is 4.39 Å². The van der Waals surface area contributed by atoms with Crippen LogP contribution in [0.4, 0.5) is 4.39 Å². The number of benzene rings is 1. The molecule has 0 aliphatic rings. The standard InChI is InChI=1S/C18H30FN3O2/c1-3-20-18(22-11-6-12-24-14-13-23-2)21-10-5-8-16-7-4-9-17(19)15-16/h4,7,9,15H,3,5-6,8,10-14H2,1-2H3,(H2,20,21,22). The van der Waals surface area contributed by atoms with Crippen molar-refractivity contribution in [3.05, 3.63) is 35.6 Å². The van der Waals surface area contributed by atoms with Gasteiger partial charge in [0.05, 0.1) is 13.2 Å². The second-order valence-electron chi connectivity index (χ2n) is 5.38. The Hall–Kier alpha value is -1.66. The van der Waals surface area contributed by atoms with Gasteiger partial charge in [-0.2, -0.15) is 0 Å². The molecule has 1 aromatic carbocycles. The molecule has 0 spiro atoms. The number of aliphatic imine (C=N–C) groups is 1. The molecule has 0 unspecified atom stereocenters. The van der Waals surface area contributed by atoms with Crippen LogP contribution in [0.2, 0.25) is 0 Å². The summed E-state index contributed by atoms with van der Waals surface area (Å²) in [6, 6.07) is 6.73. The van der Waals surface area contributed by atoms with Gasteiger partial charge in [-0.05, 0) is 43.9 Å². The number of methoxy groups -OCH3 is 1. The van der Waals surface area contributed by atoms with Gasteiger partial charge in [0.1, 0.15) is 5.82 Å². The topological polar surface area (TPSA) is 54.9 Å². The van der Waals surface area contributed by atoms with Crippen LogP contribution in [0.5, 0.6) is 0 Å². The van der Waals surface area contributed by atoms with Gasteiger partial charge < -0.3 is 20.1 Å². The Labute approximate surface area is 144 Å². The van der Waals surface area contributed by atoms with Crippen LogP contribution in [-0.2, 0) is 15.9 Å². The number of ether oxygens (including phenoxy) is 2. The number of hydrogen-bond donors (Lipinski definition) is 2. The van der Waals surface area contributed by atoms with Gasteiger partial charge >= 0.3 is 0 Å². The third-order valence-electron chi connectivity index (χ3n) is 3.32. The fraction of sp³-hybridized carbons (Fsp3) is 0.611. The molecule has 0 heterocycles. The Kier molecular flexibility index (Phi) is 11.7. The largest absolute Gasteiger partial charge is 0.382 e. The SMILES string of the molecule is CCNC(=NCCCc1cccc(F)c1)NCCCOCCOC. The number of guanidine groups is 1. The normalized spacial score (nSPS) is 11.5. The van der Waals surface area contributed by atoms with Gasteiger partial charge in [-0.15, -0.1) is 0 Å². The van der Waals surface area contributed by atoms with Crippen molar-refractivity contribution in [3.63, 3.8) is 0 Å². The van der Waals surface area contributed by atoms with Gasteiger partial charge in [-0.3, -0.25) is 4.99 Å². The summed E-state index contributed by atoms with van der Waals surface area (Å²) < 4.78 is 23.4. The molecule has 6 heteroatoms. The van der Waals surface area contributed by atoms with E-state index in [4.69, 9.17) is 9.47 Å². The fourth-order valence-corrected chi connectivity index (χ4v) is 2.13. The molecule has 1 aromatic rings. The van der Waals surface area contributed by atoms with Gasteiger partial charge in [0.25, 0.3) is 0 Å². The number of aryl methyl sites for hydroxylation is 1. The summed E-state index contributed by atoms with van der Waals surface area (Å²) in [5.41, 5.74) is 1.01. The first-order valence-corrected chi connectivity index (χ1v) is 8.59. The zero-order valence-electron chi connectivity index (χ0n) is 14.8. The number of hydrogen-bond acceptors (Lipinski definition) is 3. The maximum absolute atomic E-state index is 13.1. The van der Waals surface area contributed by atoms with Gasteiger partial charge in [0.2, 0.25) is 0 Å². The summed E-state index contributed by atoms with van der Waals surface area (Å²) in [4.78, 5) is 4.54. The van der Waals surface area contributed by atoms with Crippen LogP contribution in [-0.4, -0.2) is 52.5 Å². The lowest BCUT2D eigenvalue weighted by Crippen LogP contribution is -2.38. The highest BCUT2D eigenvalue weighted by molar-refractivity contribution is 5.79. The minimum Gasteiger partial charge on any atom is -0.382 e. The molecule has 0 aromatic heterocycles. The van der Waals surface area contributed by atoms with E-state index < -0.39 is 0 Å². The lowest BCUT2D eigenvalue weighted by molar-refractivity contribution is 0.0698. The van der Waals surface area contributed by atoms with Crippen molar-refractivity contribution in [1.82, 2.24) is 10.6 Å². The molecule has 0 radical (unpaired) electrons. The Bertz CT molecular complexity index is 469. The van der Waals surface area contributed by atoms with E-state index in [0.29, 0.717) is 26.4 Å². The zero-order chi connectivity index (χ0) is 17.5. The van der Waals surface area contributed by atoms with Crippen LogP contribution in [0.1, 0.15) is 25.3 Å². The van der Waals surface area contributed by atoms with E-state index in [1.54, 1.807) is 19.2 Å². The second kappa shape index (κ2) is 13.7. The van der Waals surface area contributed by atoms with Crippen molar-refractivity contribution >= 4 is 5.96 Å². The van der Waals surface area contributed by atoms with E-state index in [1.807, 2.05) is 13.0 Å². The summed E-state index contributed by atoms with van der Waals surface area (Å²) in [6.45, 7) is 6.33. The monoisotopic (exact) mass is 339 g/mol. The highest BCUT2D eigenvalue weighted by Gasteiger charge is 1.98. The zero-order valence-corrected chi connectivity index (χ0v) is 14.8. The Morgan fingerprint density at radius 1 is 1.17 bits per heavy atom. The van der Waals surface area contributed by atoms with Crippen molar-refractivity contribution in [1.29, 1.82) is 0 Å². The summed E-state index contributed by atoms with van der Waals surface area (Å²) in [5.74, 6) is 0.632. The first-order valence-electron chi connectivity index (χ1n) is 8.59. The highest BCUT2D eigenvalue weighted by atomic mass is 19.1. The molecule has 0 aliphatic heterocycles. The van der Waals surface area contributed by atoms with Gasteiger partial charge in [0, 0.05) is 33.4 Å². The molecule has 0 bridgehead atoms. The maximum Gasteiger partial charge on any atom is 0.191 e. The van der Waals surface area contributed by atoms with Crippen LogP contribution in [0.3, 0.4) is 0 Å². The first-order chi connectivity index (χ1) is 11.8. The van der Waals surface area contributed by atoms with Crippen LogP contribution >= 0.6 is 0 Å². The molecule has 0 saturated heterocycles. The minimum absolute atomic E-state index is 0.182. The molecular weight excluding hydrogens is 309 g/mol. The number of halogens is 1. The van der Waals surface area contributed by atoms with E-state index in [1.165, 1.54) is 6.07 Å². The molecule has 0 amide bonds. The van der Waals surface area contributed by atoms with Crippen molar-refractivity contribution in [2.75, 3.05) is 46.6 Å². The molecule has 1 rings (SSSR count). The van der Waals surface area contributed by atoms with Gasteiger partial charge in [0.15, 0.2) is 5.96 Å². The molecule has 2 N–H and O–H groups in total. The second-order valence-corrected chi connectivity index (χ2v) is 5.38. The highest BCUT2D eigenvalue weighted by Crippen LogP contribution is 2.06. The van der Waals surface area contributed by atoms with Crippen LogP contribution in [0.25, 0.3) is 0 Å². The van der Waals surface area contributed by atoms with Crippen molar-refractivity contribution in [3.8, 4) is 0 Å². The Morgan fingerprint density at radius 2 is 2.04 bits per heavy atom. The smallest absolute Gasteiger partial charge is 0.191 e. The predicted molar refractivity (Wildman–Crippen MR) is 96.0 cm³/mol. The lowest BCUT2D eigenvalue weighted by Gasteiger charge is -2.11.